The number of hydrogen-bond acceptors (Lipinski definition) is 4. The van der Waals surface area contributed by atoms with Crippen LogP contribution in [0, 0.1) is 0 Å². The zero-order valence-corrected chi connectivity index (χ0v) is 10.6. The SMILES string of the molecule is C=COCCOC(=S)SCc1ccccc1. The topological polar surface area (TPSA) is 18.5 Å². The summed E-state index contributed by atoms with van der Waals surface area (Å²) in [7, 11) is 0. The van der Waals surface area contributed by atoms with E-state index in [2.05, 4.69) is 18.7 Å². The second-order valence-corrected chi connectivity index (χ2v) is 4.49. The minimum atomic E-state index is 0.465. The van der Waals surface area contributed by atoms with Gasteiger partial charge in [-0.25, -0.2) is 0 Å². The Labute approximate surface area is 106 Å². The second-order valence-electron chi connectivity index (χ2n) is 2.91. The first kappa shape index (κ1) is 13.1. The van der Waals surface area contributed by atoms with Crippen molar-refractivity contribution in [2.24, 2.45) is 0 Å². The van der Waals surface area contributed by atoms with Gasteiger partial charge in [-0.15, -0.1) is 0 Å². The van der Waals surface area contributed by atoms with Crippen LogP contribution in [0.2, 0.25) is 0 Å². The van der Waals surface area contributed by atoms with E-state index in [0.717, 1.165) is 5.75 Å². The lowest BCUT2D eigenvalue weighted by Crippen LogP contribution is -2.04. The first-order chi connectivity index (χ1) is 7.83. The van der Waals surface area contributed by atoms with Crippen LogP contribution in [0.25, 0.3) is 0 Å². The number of hydrogen-bond donors (Lipinski definition) is 0. The van der Waals surface area contributed by atoms with Gasteiger partial charge in [0.25, 0.3) is 0 Å². The van der Waals surface area contributed by atoms with Crippen LogP contribution in [0.1, 0.15) is 5.56 Å². The Hall–Kier alpha value is -1.00. The molecule has 0 N–H and O–H groups in total. The minimum Gasteiger partial charge on any atom is -0.498 e. The summed E-state index contributed by atoms with van der Waals surface area (Å²) in [5, 5.41) is 0. The lowest BCUT2D eigenvalue weighted by molar-refractivity contribution is 0.179. The standard InChI is InChI=1S/C12H14O2S2/c1-2-13-8-9-14-12(15)16-10-11-6-4-3-5-7-11/h2-7H,1,8-10H2. The molecule has 0 saturated heterocycles. The molecular formula is C12H14O2S2. The van der Waals surface area contributed by atoms with E-state index in [-0.39, 0.29) is 0 Å². The molecule has 4 heteroatoms. The van der Waals surface area contributed by atoms with Gasteiger partial charge in [-0.1, -0.05) is 48.7 Å². The maximum absolute atomic E-state index is 5.29. The first-order valence-electron chi connectivity index (χ1n) is 4.89. The number of thioether (sulfide) groups is 1. The zero-order chi connectivity index (χ0) is 11.6. The van der Waals surface area contributed by atoms with E-state index >= 15 is 0 Å². The quantitative estimate of drug-likeness (QED) is 0.440. The first-order valence-corrected chi connectivity index (χ1v) is 6.28. The van der Waals surface area contributed by atoms with E-state index < -0.39 is 0 Å². The molecule has 1 aromatic carbocycles. The van der Waals surface area contributed by atoms with Crippen molar-refractivity contribution in [3.8, 4) is 0 Å². The molecule has 0 unspecified atom stereocenters. The van der Waals surface area contributed by atoms with Gasteiger partial charge in [0, 0.05) is 5.75 Å². The largest absolute Gasteiger partial charge is 0.498 e. The van der Waals surface area contributed by atoms with E-state index in [1.807, 2.05) is 18.2 Å². The highest BCUT2D eigenvalue weighted by molar-refractivity contribution is 8.22. The van der Waals surface area contributed by atoms with Crippen LogP contribution >= 0.6 is 24.0 Å². The van der Waals surface area contributed by atoms with Gasteiger partial charge in [0.15, 0.2) is 0 Å². The summed E-state index contributed by atoms with van der Waals surface area (Å²) in [6.07, 6.45) is 1.39. The molecule has 0 amide bonds. The van der Waals surface area contributed by atoms with Crippen molar-refractivity contribution in [2.45, 2.75) is 5.75 Å². The van der Waals surface area contributed by atoms with E-state index in [1.165, 1.54) is 23.6 Å². The number of thiocarbonyl (C=S) groups is 1. The van der Waals surface area contributed by atoms with Gasteiger partial charge in [-0.05, 0) is 17.8 Å². The highest BCUT2D eigenvalue weighted by Gasteiger charge is 1.99. The molecule has 1 aromatic rings. The van der Waals surface area contributed by atoms with E-state index in [1.54, 1.807) is 0 Å². The van der Waals surface area contributed by atoms with Crippen LogP contribution in [0.3, 0.4) is 0 Å². The average Bonchev–Trinajstić information content (AvgIpc) is 2.33. The molecule has 16 heavy (non-hydrogen) atoms. The summed E-state index contributed by atoms with van der Waals surface area (Å²) in [5.74, 6) is 0.835. The molecule has 2 nitrogen and oxygen atoms in total. The summed E-state index contributed by atoms with van der Waals surface area (Å²) in [6.45, 7) is 4.38. The number of rotatable bonds is 6. The van der Waals surface area contributed by atoms with Crippen molar-refractivity contribution in [3.63, 3.8) is 0 Å². The van der Waals surface area contributed by atoms with Gasteiger partial charge in [0.2, 0.25) is 4.38 Å². The molecule has 0 aliphatic carbocycles. The molecule has 0 aliphatic rings. The predicted molar refractivity (Wildman–Crippen MR) is 72.4 cm³/mol. The maximum Gasteiger partial charge on any atom is 0.220 e. The molecule has 0 atom stereocenters. The van der Waals surface area contributed by atoms with Crippen molar-refractivity contribution in [2.75, 3.05) is 13.2 Å². The lowest BCUT2D eigenvalue weighted by atomic mass is 10.2. The molecule has 0 heterocycles. The molecule has 0 radical (unpaired) electrons. The van der Waals surface area contributed by atoms with Gasteiger partial charge in [0.05, 0.1) is 6.26 Å². The zero-order valence-electron chi connectivity index (χ0n) is 8.93. The molecule has 86 valence electrons. The van der Waals surface area contributed by atoms with E-state index in [9.17, 15) is 0 Å². The highest BCUT2D eigenvalue weighted by Crippen LogP contribution is 2.14. The third-order valence-electron chi connectivity index (χ3n) is 1.74. The van der Waals surface area contributed by atoms with Crippen LogP contribution in [0.15, 0.2) is 43.2 Å². The molecule has 0 bridgehead atoms. The minimum absolute atomic E-state index is 0.465. The van der Waals surface area contributed by atoms with Gasteiger partial charge >= 0.3 is 0 Å². The Kier molecular flexibility index (Phi) is 6.69. The third-order valence-corrected chi connectivity index (χ3v) is 3.04. The number of benzene rings is 1. The average molecular weight is 254 g/mol. The summed E-state index contributed by atoms with van der Waals surface area (Å²) >= 11 is 6.58. The summed E-state index contributed by atoms with van der Waals surface area (Å²) < 4.78 is 10.8. The maximum atomic E-state index is 5.29. The fraction of sp³-hybridized carbons (Fsp3) is 0.250. The fourth-order valence-electron chi connectivity index (χ4n) is 1.01. The summed E-state index contributed by atoms with van der Waals surface area (Å²) in [4.78, 5) is 0. The van der Waals surface area contributed by atoms with Gasteiger partial charge < -0.3 is 9.47 Å². The van der Waals surface area contributed by atoms with Gasteiger partial charge in [-0.3, -0.25) is 0 Å². The van der Waals surface area contributed by atoms with Crippen LogP contribution in [0.4, 0.5) is 0 Å². The van der Waals surface area contributed by atoms with Crippen LogP contribution < -0.4 is 0 Å². The molecular weight excluding hydrogens is 240 g/mol. The molecule has 0 fully saturated rings. The molecule has 0 saturated carbocycles. The van der Waals surface area contributed by atoms with Crippen molar-refractivity contribution >= 4 is 28.4 Å². The van der Waals surface area contributed by atoms with Crippen LogP contribution in [-0.2, 0) is 15.2 Å². The summed E-state index contributed by atoms with van der Waals surface area (Å²) in [6, 6.07) is 10.2. The Morgan fingerprint density at radius 1 is 1.31 bits per heavy atom. The monoisotopic (exact) mass is 254 g/mol. The lowest BCUT2D eigenvalue weighted by Gasteiger charge is -2.06. The van der Waals surface area contributed by atoms with Crippen molar-refractivity contribution < 1.29 is 9.47 Å². The Morgan fingerprint density at radius 2 is 2.06 bits per heavy atom. The predicted octanol–water partition coefficient (Wildman–Crippen LogP) is 3.38. The molecule has 0 aromatic heterocycles. The van der Waals surface area contributed by atoms with Crippen molar-refractivity contribution in [1.82, 2.24) is 0 Å². The second kappa shape index (κ2) is 8.19. The number of ether oxygens (including phenoxy) is 2. The Morgan fingerprint density at radius 3 is 2.75 bits per heavy atom. The van der Waals surface area contributed by atoms with Gasteiger partial charge in [0.1, 0.15) is 13.2 Å². The highest BCUT2D eigenvalue weighted by atomic mass is 32.2. The van der Waals surface area contributed by atoms with Gasteiger partial charge in [-0.2, -0.15) is 0 Å². The third kappa shape index (κ3) is 5.78. The molecule has 0 aliphatic heterocycles. The molecule has 0 spiro atoms. The van der Waals surface area contributed by atoms with E-state index in [4.69, 9.17) is 21.7 Å². The van der Waals surface area contributed by atoms with Crippen molar-refractivity contribution in [1.29, 1.82) is 0 Å². The summed E-state index contributed by atoms with van der Waals surface area (Å²) in [5.41, 5.74) is 1.24. The normalized spacial score (nSPS) is 9.50. The molecule has 1 rings (SSSR count). The smallest absolute Gasteiger partial charge is 0.220 e. The Bertz CT molecular complexity index is 325. The fourth-order valence-corrected chi connectivity index (χ4v) is 1.92. The Balaban J connectivity index is 2.13. The van der Waals surface area contributed by atoms with Crippen molar-refractivity contribution in [3.05, 3.63) is 48.7 Å². The van der Waals surface area contributed by atoms with Crippen LogP contribution in [-0.4, -0.2) is 17.6 Å². The van der Waals surface area contributed by atoms with Crippen LogP contribution in [0.5, 0.6) is 0 Å². The van der Waals surface area contributed by atoms with E-state index in [0.29, 0.717) is 17.6 Å².